The minimum absolute atomic E-state index is 0.390. The van der Waals surface area contributed by atoms with Gasteiger partial charge in [0.2, 0.25) is 0 Å². The zero-order chi connectivity index (χ0) is 11.5. The zero-order valence-corrected chi connectivity index (χ0v) is 10.6. The van der Waals surface area contributed by atoms with E-state index < -0.39 is 0 Å². The standard InChI is InChI=1S/C13H17NS/c1-10-5-11(8-15-4)7-12(6-10)13(2,3)9-14/h5-7H,8H2,1-4H3. The number of benzene rings is 1. The second kappa shape index (κ2) is 4.72. The smallest absolute Gasteiger partial charge is 0.0766 e. The minimum Gasteiger partial charge on any atom is -0.197 e. The zero-order valence-electron chi connectivity index (χ0n) is 9.79. The van der Waals surface area contributed by atoms with Crippen LogP contribution < -0.4 is 0 Å². The SMILES string of the molecule is CSCc1cc(C)cc(C(C)(C)C#N)c1. The van der Waals surface area contributed by atoms with Crippen molar-refractivity contribution in [3.05, 3.63) is 34.9 Å². The average molecular weight is 219 g/mol. The van der Waals surface area contributed by atoms with Gasteiger partial charge in [-0.05, 0) is 38.2 Å². The van der Waals surface area contributed by atoms with Gasteiger partial charge in [0, 0.05) is 5.75 Å². The van der Waals surface area contributed by atoms with Gasteiger partial charge < -0.3 is 0 Å². The van der Waals surface area contributed by atoms with E-state index in [-0.39, 0.29) is 5.41 Å². The maximum atomic E-state index is 9.10. The molecule has 0 aromatic heterocycles. The Morgan fingerprint density at radius 2 is 2.00 bits per heavy atom. The first-order valence-corrected chi connectivity index (χ1v) is 6.40. The highest BCUT2D eigenvalue weighted by Crippen LogP contribution is 2.25. The number of rotatable bonds is 3. The van der Waals surface area contributed by atoms with E-state index in [9.17, 15) is 0 Å². The predicted octanol–water partition coefficient (Wildman–Crippen LogP) is 3.66. The fourth-order valence-corrected chi connectivity index (χ4v) is 2.04. The van der Waals surface area contributed by atoms with E-state index >= 15 is 0 Å². The van der Waals surface area contributed by atoms with Crippen molar-refractivity contribution in [2.75, 3.05) is 6.26 Å². The molecule has 0 bridgehead atoms. The fraction of sp³-hybridized carbons (Fsp3) is 0.462. The molecule has 0 unspecified atom stereocenters. The third kappa shape index (κ3) is 3.00. The van der Waals surface area contributed by atoms with E-state index in [2.05, 4.69) is 37.4 Å². The lowest BCUT2D eigenvalue weighted by Crippen LogP contribution is -2.14. The van der Waals surface area contributed by atoms with Crippen LogP contribution >= 0.6 is 11.8 Å². The number of nitrogens with zero attached hydrogens (tertiary/aromatic N) is 1. The van der Waals surface area contributed by atoms with E-state index in [0.29, 0.717) is 0 Å². The van der Waals surface area contributed by atoms with Crippen LogP contribution in [-0.2, 0) is 11.2 Å². The van der Waals surface area contributed by atoms with Crippen molar-refractivity contribution in [1.82, 2.24) is 0 Å². The highest BCUT2D eigenvalue weighted by atomic mass is 32.2. The van der Waals surface area contributed by atoms with Crippen LogP contribution in [0.15, 0.2) is 18.2 Å². The van der Waals surface area contributed by atoms with E-state index in [0.717, 1.165) is 11.3 Å². The van der Waals surface area contributed by atoms with Crippen molar-refractivity contribution < 1.29 is 0 Å². The van der Waals surface area contributed by atoms with Crippen LogP contribution in [0.5, 0.6) is 0 Å². The second-order valence-electron chi connectivity index (χ2n) is 4.38. The van der Waals surface area contributed by atoms with Gasteiger partial charge in [0.15, 0.2) is 0 Å². The summed E-state index contributed by atoms with van der Waals surface area (Å²) in [6.45, 7) is 6.01. The first kappa shape index (κ1) is 12.1. The monoisotopic (exact) mass is 219 g/mol. The van der Waals surface area contributed by atoms with Crippen LogP contribution in [0.2, 0.25) is 0 Å². The maximum Gasteiger partial charge on any atom is 0.0766 e. The third-order valence-corrected chi connectivity index (χ3v) is 3.07. The minimum atomic E-state index is -0.390. The third-order valence-electron chi connectivity index (χ3n) is 2.45. The Bertz CT molecular complexity index is 388. The van der Waals surface area contributed by atoms with Gasteiger partial charge >= 0.3 is 0 Å². The summed E-state index contributed by atoms with van der Waals surface area (Å²) in [5.41, 5.74) is 3.27. The molecule has 15 heavy (non-hydrogen) atoms. The molecular formula is C13H17NS. The van der Waals surface area contributed by atoms with E-state index in [1.807, 2.05) is 25.6 Å². The van der Waals surface area contributed by atoms with Gasteiger partial charge in [-0.1, -0.05) is 23.8 Å². The van der Waals surface area contributed by atoms with Crippen molar-refractivity contribution in [2.45, 2.75) is 31.9 Å². The van der Waals surface area contributed by atoms with Crippen molar-refractivity contribution in [3.8, 4) is 6.07 Å². The lowest BCUT2D eigenvalue weighted by molar-refractivity contribution is 0.685. The van der Waals surface area contributed by atoms with Crippen molar-refractivity contribution in [2.24, 2.45) is 0 Å². The molecule has 0 saturated carbocycles. The number of hydrogen-bond donors (Lipinski definition) is 0. The summed E-state index contributed by atoms with van der Waals surface area (Å²) in [6.07, 6.45) is 2.09. The summed E-state index contributed by atoms with van der Waals surface area (Å²) in [7, 11) is 0. The first-order chi connectivity index (χ1) is 6.99. The molecule has 1 aromatic carbocycles. The molecule has 0 saturated heterocycles. The van der Waals surface area contributed by atoms with Gasteiger partial charge in [-0.2, -0.15) is 17.0 Å². The highest BCUT2D eigenvalue weighted by molar-refractivity contribution is 7.97. The van der Waals surface area contributed by atoms with Gasteiger partial charge in [-0.3, -0.25) is 0 Å². The molecule has 1 rings (SSSR count). The summed E-state index contributed by atoms with van der Waals surface area (Å²) in [5, 5.41) is 9.10. The van der Waals surface area contributed by atoms with Gasteiger partial charge in [-0.15, -0.1) is 0 Å². The Balaban J connectivity index is 3.15. The number of hydrogen-bond acceptors (Lipinski definition) is 2. The molecule has 1 aromatic rings. The summed E-state index contributed by atoms with van der Waals surface area (Å²) in [6, 6.07) is 8.79. The molecule has 0 radical (unpaired) electrons. The Morgan fingerprint density at radius 1 is 1.33 bits per heavy atom. The average Bonchev–Trinajstić information content (AvgIpc) is 2.17. The highest BCUT2D eigenvalue weighted by Gasteiger charge is 2.20. The van der Waals surface area contributed by atoms with Gasteiger partial charge in [0.05, 0.1) is 11.5 Å². The van der Waals surface area contributed by atoms with Gasteiger partial charge in [0.1, 0.15) is 0 Å². The van der Waals surface area contributed by atoms with E-state index in [4.69, 9.17) is 5.26 Å². The fourth-order valence-electron chi connectivity index (χ4n) is 1.54. The molecule has 0 aliphatic carbocycles. The molecule has 0 spiro atoms. The van der Waals surface area contributed by atoms with Crippen molar-refractivity contribution >= 4 is 11.8 Å². The first-order valence-electron chi connectivity index (χ1n) is 5.01. The molecule has 1 nitrogen and oxygen atoms in total. The second-order valence-corrected chi connectivity index (χ2v) is 5.24. The van der Waals surface area contributed by atoms with Crippen LogP contribution in [0.4, 0.5) is 0 Å². The lowest BCUT2D eigenvalue weighted by atomic mass is 9.85. The molecule has 0 fully saturated rings. The van der Waals surface area contributed by atoms with Crippen LogP contribution in [0.1, 0.15) is 30.5 Å². The molecule has 0 aliphatic rings. The van der Waals surface area contributed by atoms with Crippen LogP contribution in [-0.4, -0.2) is 6.26 Å². The topological polar surface area (TPSA) is 23.8 Å². The number of thioether (sulfide) groups is 1. The Kier molecular flexibility index (Phi) is 3.82. The van der Waals surface area contributed by atoms with Gasteiger partial charge in [0.25, 0.3) is 0 Å². The summed E-state index contributed by atoms with van der Waals surface area (Å²) in [4.78, 5) is 0. The lowest BCUT2D eigenvalue weighted by Gasteiger charge is -2.17. The molecule has 80 valence electrons. The summed E-state index contributed by atoms with van der Waals surface area (Å²) >= 11 is 1.81. The Morgan fingerprint density at radius 3 is 2.53 bits per heavy atom. The largest absolute Gasteiger partial charge is 0.197 e. The quantitative estimate of drug-likeness (QED) is 0.774. The molecular weight excluding hydrogens is 202 g/mol. The number of nitriles is 1. The molecule has 0 amide bonds. The van der Waals surface area contributed by atoms with Crippen molar-refractivity contribution in [3.63, 3.8) is 0 Å². The normalized spacial score (nSPS) is 11.1. The van der Waals surface area contributed by atoms with Crippen LogP contribution in [0, 0.1) is 18.3 Å². The van der Waals surface area contributed by atoms with E-state index in [1.165, 1.54) is 11.1 Å². The maximum absolute atomic E-state index is 9.10. The molecule has 0 atom stereocenters. The van der Waals surface area contributed by atoms with Gasteiger partial charge in [-0.25, -0.2) is 0 Å². The van der Waals surface area contributed by atoms with Crippen molar-refractivity contribution in [1.29, 1.82) is 5.26 Å². The molecule has 0 aliphatic heterocycles. The Labute approximate surface area is 96.5 Å². The predicted molar refractivity (Wildman–Crippen MR) is 67.0 cm³/mol. The molecule has 0 heterocycles. The number of aryl methyl sites for hydroxylation is 1. The van der Waals surface area contributed by atoms with Crippen LogP contribution in [0.3, 0.4) is 0 Å². The molecule has 0 N–H and O–H groups in total. The van der Waals surface area contributed by atoms with E-state index in [1.54, 1.807) is 0 Å². The van der Waals surface area contributed by atoms with Crippen LogP contribution in [0.25, 0.3) is 0 Å². The molecule has 2 heteroatoms. The summed E-state index contributed by atoms with van der Waals surface area (Å²) < 4.78 is 0. The Hall–Kier alpha value is -0.940. The summed E-state index contributed by atoms with van der Waals surface area (Å²) in [5.74, 6) is 1.01.